The molecule has 0 N–H and O–H groups in total. The lowest BCUT2D eigenvalue weighted by Crippen LogP contribution is -2.03. The fraction of sp³-hybridized carbons (Fsp3) is 0. The first kappa shape index (κ1) is 38.9. The van der Waals surface area contributed by atoms with E-state index < -0.39 is 0 Å². The van der Waals surface area contributed by atoms with Gasteiger partial charge in [0, 0.05) is 54.3 Å². The maximum Gasteiger partial charge on any atom is 0.235 e. The van der Waals surface area contributed by atoms with Gasteiger partial charge in [0.05, 0.1) is 50.0 Å². The Kier molecular flexibility index (Phi) is 7.67. The number of hydrogen-bond donors (Lipinski definition) is 0. The molecule has 5 nitrogen and oxygen atoms in total. The highest BCUT2D eigenvalue weighted by molar-refractivity contribution is 6.41. The van der Waals surface area contributed by atoms with Gasteiger partial charge in [0.2, 0.25) is 5.95 Å². The van der Waals surface area contributed by atoms with E-state index in [0.29, 0.717) is 5.95 Å². The van der Waals surface area contributed by atoms with Gasteiger partial charge in [0.1, 0.15) is 0 Å². The molecule has 336 valence electrons. The third kappa shape index (κ3) is 5.19. The van der Waals surface area contributed by atoms with Crippen molar-refractivity contribution in [2.75, 3.05) is 0 Å². The predicted molar refractivity (Wildman–Crippen MR) is 307 cm³/mol. The van der Waals surface area contributed by atoms with Gasteiger partial charge in [-0.25, -0.2) is 9.97 Å². The minimum Gasteiger partial charge on any atom is -0.309 e. The average molecular weight is 926 g/mol. The van der Waals surface area contributed by atoms with Gasteiger partial charge in [0.25, 0.3) is 0 Å². The number of aromatic nitrogens is 5. The van der Waals surface area contributed by atoms with Crippen molar-refractivity contribution >= 4 is 130 Å². The van der Waals surface area contributed by atoms with Gasteiger partial charge in [-0.1, -0.05) is 170 Å². The van der Waals surface area contributed by atoms with E-state index >= 15 is 0 Å². The molecule has 0 bridgehead atoms. The van der Waals surface area contributed by atoms with Gasteiger partial charge in [-0.15, -0.1) is 0 Å². The first-order chi connectivity index (χ1) is 36.2. The first-order valence-corrected chi connectivity index (χ1v) is 25.1. The van der Waals surface area contributed by atoms with Crippen LogP contribution in [0.25, 0.3) is 159 Å². The molecule has 17 rings (SSSR count). The Labute approximate surface area is 417 Å². The van der Waals surface area contributed by atoms with Crippen molar-refractivity contribution < 1.29 is 0 Å². The molecule has 0 saturated carbocycles. The predicted octanol–water partition coefficient (Wildman–Crippen LogP) is 17.8. The van der Waals surface area contributed by atoms with Crippen molar-refractivity contribution in [3.63, 3.8) is 0 Å². The summed E-state index contributed by atoms with van der Waals surface area (Å²) in [6.45, 7) is 0. The molecule has 4 heterocycles. The minimum atomic E-state index is 0.641. The van der Waals surface area contributed by atoms with Crippen LogP contribution < -0.4 is 0 Å². The Morgan fingerprint density at radius 1 is 0.260 bits per heavy atom. The minimum absolute atomic E-state index is 0.641. The lowest BCUT2D eigenvalue weighted by Gasteiger charge is -2.18. The van der Waals surface area contributed by atoms with E-state index in [1.165, 1.54) is 108 Å². The topological polar surface area (TPSA) is 40.6 Å². The summed E-state index contributed by atoms with van der Waals surface area (Å²) < 4.78 is 7.20. The Morgan fingerprint density at radius 3 is 1.48 bits per heavy atom. The number of nitrogens with zero attached hydrogens (tertiary/aromatic N) is 5. The lowest BCUT2D eigenvalue weighted by molar-refractivity contribution is 1.01. The van der Waals surface area contributed by atoms with Crippen LogP contribution in [0.15, 0.2) is 237 Å². The summed E-state index contributed by atoms with van der Waals surface area (Å²) in [5, 5.41) is 20.7. The van der Waals surface area contributed by atoms with Gasteiger partial charge >= 0.3 is 0 Å². The fourth-order valence-electron chi connectivity index (χ4n) is 13.0. The molecule has 13 aromatic carbocycles. The van der Waals surface area contributed by atoms with Crippen molar-refractivity contribution in [1.82, 2.24) is 23.7 Å². The molecule has 17 aromatic rings. The number of hydrogen-bond acceptors (Lipinski definition) is 2. The van der Waals surface area contributed by atoms with Gasteiger partial charge in [-0.2, -0.15) is 0 Å². The molecule has 73 heavy (non-hydrogen) atoms. The van der Waals surface area contributed by atoms with Crippen LogP contribution in [-0.2, 0) is 0 Å². The molecule has 0 fully saturated rings. The van der Waals surface area contributed by atoms with Crippen LogP contribution in [0.5, 0.6) is 0 Å². The van der Waals surface area contributed by atoms with Crippen molar-refractivity contribution in [2.45, 2.75) is 0 Å². The van der Waals surface area contributed by atoms with Crippen molar-refractivity contribution in [3.8, 4) is 28.6 Å². The molecular formula is C68H39N5. The fourth-order valence-corrected chi connectivity index (χ4v) is 13.0. The summed E-state index contributed by atoms with van der Waals surface area (Å²) >= 11 is 0. The maximum atomic E-state index is 5.68. The summed E-state index contributed by atoms with van der Waals surface area (Å²) in [4.78, 5) is 11.2. The average Bonchev–Trinajstić information content (AvgIpc) is 4.10. The number of rotatable bonds is 4. The summed E-state index contributed by atoms with van der Waals surface area (Å²) in [6.07, 6.45) is 0. The van der Waals surface area contributed by atoms with Crippen LogP contribution in [0.2, 0.25) is 0 Å². The van der Waals surface area contributed by atoms with E-state index in [4.69, 9.17) is 9.97 Å². The molecule has 0 atom stereocenters. The van der Waals surface area contributed by atoms with Gasteiger partial charge < -0.3 is 9.13 Å². The third-order valence-electron chi connectivity index (χ3n) is 15.9. The summed E-state index contributed by atoms with van der Waals surface area (Å²) in [7, 11) is 0. The Bertz CT molecular complexity index is 5200. The van der Waals surface area contributed by atoms with Crippen LogP contribution in [0.4, 0.5) is 0 Å². The molecule has 0 unspecified atom stereocenters. The van der Waals surface area contributed by atoms with E-state index in [-0.39, 0.29) is 0 Å². The zero-order valence-corrected chi connectivity index (χ0v) is 39.3. The highest BCUT2D eigenvalue weighted by atomic mass is 15.2. The smallest absolute Gasteiger partial charge is 0.235 e. The monoisotopic (exact) mass is 925 g/mol. The van der Waals surface area contributed by atoms with E-state index in [9.17, 15) is 0 Å². The van der Waals surface area contributed by atoms with Crippen LogP contribution >= 0.6 is 0 Å². The Morgan fingerprint density at radius 2 is 0.767 bits per heavy atom. The molecular weight excluding hydrogens is 887 g/mol. The van der Waals surface area contributed by atoms with E-state index in [1.54, 1.807) is 0 Å². The van der Waals surface area contributed by atoms with Crippen LogP contribution in [0.1, 0.15) is 0 Å². The second-order valence-corrected chi connectivity index (χ2v) is 19.6. The molecule has 0 aliphatic heterocycles. The standard InChI is InChI=1S/C68H39N5/c1-2-19-42(20-3-1)71-57-31-11-7-22-44(57)52-37-41(35-36-60(52)71)67-47-23-6-10-30-55(47)69-68(70-67)73-59-33-13-9-25-49(59)66-51-29-16-27-46-45-26-15-28-50-63(45)53(54(64(46)51)39-62(66)73)38-61-65(50)48-24-8-12-32-58(48)72(61)56-34-14-18-40-17-4-5-21-43(40)56/h1-39H. The second-order valence-electron chi connectivity index (χ2n) is 19.6. The SMILES string of the molecule is c1ccc(-n2c3ccccc3c3cc(-c4nc(-n5c6ccccc6c6c7cccc8c9cccc%10c9c(cc9c%10c%10ccccc%10n9-c9cccc%10ccccc9%10)c(cc65)c87)nc5ccccc45)ccc32)cc1. The van der Waals surface area contributed by atoms with Crippen molar-refractivity contribution in [2.24, 2.45) is 0 Å². The third-order valence-corrected chi connectivity index (χ3v) is 15.9. The van der Waals surface area contributed by atoms with Crippen molar-refractivity contribution in [1.29, 1.82) is 0 Å². The van der Waals surface area contributed by atoms with E-state index in [0.717, 1.165) is 44.4 Å². The zero-order valence-electron chi connectivity index (χ0n) is 39.3. The summed E-state index contributed by atoms with van der Waals surface area (Å²) in [5.74, 6) is 0.641. The molecule has 5 heteroatoms. The number of fused-ring (bicyclic) bond motifs is 15. The first-order valence-electron chi connectivity index (χ1n) is 25.1. The molecule has 0 spiro atoms. The normalized spacial score (nSPS) is 12.4. The maximum absolute atomic E-state index is 5.68. The summed E-state index contributed by atoms with van der Waals surface area (Å²) in [5.41, 5.74) is 12.0. The lowest BCUT2D eigenvalue weighted by atomic mass is 9.87. The van der Waals surface area contributed by atoms with Gasteiger partial charge in [-0.05, 0) is 115 Å². The van der Waals surface area contributed by atoms with Crippen LogP contribution in [-0.4, -0.2) is 23.7 Å². The molecule has 0 aliphatic rings. The largest absolute Gasteiger partial charge is 0.309 e. The summed E-state index contributed by atoms with van der Waals surface area (Å²) in [6, 6.07) is 86.6. The Balaban J connectivity index is 0.988. The molecule has 0 radical (unpaired) electrons. The number of benzene rings is 13. The highest BCUT2D eigenvalue weighted by Crippen LogP contribution is 2.49. The second kappa shape index (κ2) is 14.4. The highest BCUT2D eigenvalue weighted by Gasteiger charge is 2.25. The quantitative estimate of drug-likeness (QED) is 0.130. The molecule has 4 aromatic heterocycles. The Hall–Kier alpha value is -9.84. The molecule has 0 amide bonds. The molecule has 0 saturated heterocycles. The van der Waals surface area contributed by atoms with Crippen molar-refractivity contribution in [3.05, 3.63) is 237 Å². The molecule has 0 aliphatic carbocycles. The number of para-hydroxylation sites is 5. The van der Waals surface area contributed by atoms with Crippen LogP contribution in [0, 0.1) is 0 Å². The zero-order chi connectivity index (χ0) is 47.5. The van der Waals surface area contributed by atoms with E-state index in [2.05, 4.69) is 250 Å². The van der Waals surface area contributed by atoms with Gasteiger partial charge in [0.15, 0.2) is 0 Å². The van der Waals surface area contributed by atoms with Crippen LogP contribution in [0.3, 0.4) is 0 Å². The van der Waals surface area contributed by atoms with E-state index in [1.807, 2.05) is 0 Å². The van der Waals surface area contributed by atoms with Gasteiger partial charge in [-0.3, -0.25) is 4.57 Å².